The summed E-state index contributed by atoms with van der Waals surface area (Å²) in [4.78, 5) is 29.8. The largest absolute Gasteiger partial charge is 0.492 e. The van der Waals surface area contributed by atoms with E-state index in [1.54, 1.807) is 12.1 Å². The molecule has 172 valence electrons. The van der Waals surface area contributed by atoms with Crippen LogP contribution in [0.4, 0.5) is 10.1 Å². The average Bonchev–Trinajstić information content (AvgIpc) is 2.73. The Kier molecular flexibility index (Phi) is 7.85. The van der Waals surface area contributed by atoms with E-state index in [0.717, 1.165) is 16.9 Å². The SMILES string of the molecule is CC(=O)c1ccc(N2CCN(C(=O)CN(C)CCOc3cc(C)cc(C)c3)CC2)c(F)c1. The van der Waals surface area contributed by atoms with Crippen LogP contribution in [0.15, 0.2) is 36.4 Å². The number of nitrogens with zero attached hydrogens (tertiary/aromatic N) is 3. The minimum Gasteiger partial charge on any atom is -0.492 e. The lowest BCUT2D eigenvalue weighted by atomic mass is 10.1. The highest BCUT2D eigenvalue weighted by Gasteiger charge is 2.23. The zero-order valence-corrected chi connectivity index (χ0v) is 19.4. The van der Waals surface area contributed by atoms with Crippen molar-refractivity contribution in [1.29, 1.82) is 0 Å². The van der Waals surface area contributed by atoms with E-state index in [9.17, 15) is 14.0 Å². The van der Waals surface area contributed by atoms with Crippen molar-refractivity contribution in [3.8, 4) is 5.75 Å². The third kappa shape index (κ3) is 6.29. The van der Waals surface area contributed by atoms with Crippen LogP contribution in [0, 0.1) is 19.7 Å². The first-order valence-corrected chi connectivity index (χ1v) is 11.0. The van der Waals surface area contributed by atoms with Crippen LogP contribution in [0.3, 0.4) is 0 Å². The Hall–Kier alpha value is -2.93. The van der Waals surface area contributed by atoms with Crippen molar-refractivity contribution in [3.63, 3.8) is 0 Å². The van der Waals surface area contributed by atoms with E-state index in [1.807, 2.05) is 47.7 Å². The first kappa shape index (κ1) is 23.7. The van der Waals surface area contributed by atoms with E-state index in [4.69, 9.17) is 4.74 Å². The average molecular weight is 442 g/mol. The predicted molar refractivity (Wildman–Crippen MR) is 124 cm³/mol. The van der Waals surface area contributed by atoms with Gasteiger partial charge in [0.05, 0.1) is 12.2 Å². The molecule has 6 nitrogen and oxygen atoms in total. The van der Waals surface area contributed by atoms with Crippen LogP contribution in [0.2, 0.25) is 0 Å². The van der Waals surface area contributed by atoms with Crippen LogP contribution in [-0.4, -0.2) is 74.4 Å². The smallest absolute Gasteiger partial charge is 0.236 e. The summed E-state index contributed by atoms with van der Waals surface area (Å²) in [5, 5.41) is 0. The summed E-state index contributed by atoms with van der Waals surface area (Å²) in [7, 11) is 1.91. The van der Waals surface area contributed by atoms with Gasteiger partial charge in [-0.25, -0.2) is 4.39 Å². The molecule has 1 fully saturated rings. The number of ether oxygens (including phenoxy) is 1. The van der Waals surface area contributed by atoms with Crippen molar-refractivity contribution in [2.45, 2.75) is 20.8 Å². The number of carbonyl (C=O) groups excluding carboxylic acids is 2. The number of hydrogen-bond acceptors (Lipinski definition) is 5. The lowest BCUT2D eigenvalue weighted by molar-refractivity contribution is -0.132. The molecule has 0 unspecified atom stereocenters. The number of amides is 1. The Morgan fingerprint density at radius 1 is 1.03 bits per heavy atom. The number of carbonyl (C=O) groups is 2. The van der Waals surface area contributed by atoms with Gasteiger partial charge in [0.15, 0.2) is 5.78 Å². The van der Waals surface area contributed by atoms with Gasteiger partial charge >= 0.3 is 0 Å². The molecular formula is C25H32FN3O3. The van der Waals surface area contributed by atoms with E-state index in [-0.39, 0.29) is 11.7 Å². The normalized spacial score (nSPS) is 14.1. The summed E-state index contributed by atoms with van der Waals surface area (Å²) in [5.41, 5.74) is 3.17. The number of aryl methyl sites for hydroxylation is 2. The second-order valence-electron chi connectivity index (χ2n) is 8.50. The molecule has 1 aliphatic heterocycles. The van der Waals surface area contributed by atoms with Gasteiger partial charge in [0.25, 0.3) is 0 Å². The number of ketones is 1. The Morgan fingerprint density at radius 3 is 2.28 bits per heavy atom. The van der Waals surface area contributed by atoms with Gasteiger partial charge < -0.3 is 14.5 Å². The fraction of sp³-hybridized carbons (Fsp3) is 0.440. The fourth-order valence-corrected chi connectivity index (χ4v) is 3.92. The number of Topliss-reactive ketones (excluding diaryl/α,β-unsaturated/α-hetero) is 1. The standard InChI is InChI=1S/C25H32FN3O3/c1-18-13-19(2)15-22(14-18)32-12-11-27(4)17-25(31)29-9-7-28(8-10-29)24-6-5-21(20(3)30)16-23(24)26/h5-6,13-16H,7-12,17H2,1-4H3. The molecule has 1 saturated heterocycles. The maximum atomic E-state index is 14.4. The molecule has 32 heavy (non-hydrogen) atoms. The number of piperazine rings is 1. The first-order chi connectivity index (χ1) is 15.2. The molecule has 1 aliphatic rings. The van der Waals surface area contributed by atoms with Crippen LogP contribution in [0.1, 0.15) is 28.4 Å². The van der Waals surface area contributed by atoms with Crippen molar-refractivity contribution < 1.29 is 18.7 Å². The zero-order chi connectivity index (χ0) is 23.3. The maximum Gasteiger partial charge on any atom is 0.236 e. The van der Waals surface area contributed by atoms with Crippen LogP contribution in [0.25, 0.3) is 0 Å². The van der Waals surface area contributed by atoms with Crippen molar-refractivity contribution in [2.75, 3.05) is 57.8 Å². The third-order valence-electron chi connectivity index (χ3n) is 5.67. The number of benzene rings is 2. The summed E-state index contributed by atoms with van der Waals surface area (Å²) >= 11 is 0. The van der Waals surface area contributed by atoms with Crippen LogP contribution in [-0.2, 0) is 4.79 Å². The van der Waals surface area contributed by atoms with Crippen LogP contribution >= 0.6 is 0 Å². The minimum absolute atomic E-state index is 0.0611. The van der Waals surface area contributed by atoms with Gasteiger partial charge in [0, 0.05) is 38.3 Å². The number of likely N-dealkylation sites (N-methyl/N-ethyl adjacent to an activating group) is 1. The quantitative estimate of drug-likeness (QED) is 0.589. The number of rotatable bonds is 8. The molecular weight excluding hydrogens is 409 g/mol. The Bertz CT molecular complexity index is 951. The highest BCUT2D eigenvalue weighted by atomic mass is 19.1. The summed E-state index contributed by atoms with van der Waals surface area (Å²) in [5.74, 6) is 0.350. The van der Waals surface area contributed by atoms with Gasteiger partial charge in [-0.3, -0.25) is 14.5 Å². The van der Waals surface area contributed by atoms with Crippen LogP contribution < -0.4 is 9.64 Å². The third-order valence-corrected chi connectivity index (χ3v) is 5.67. The Morgan fingerprint density at radius 2 is 1.69 bits per heavy atom. The molecule has 0 bridgehead atoms. The summed E-state index contributed by atoms with van der Waals surface area (Å²) in [6.07, 6.45) is 0. The van der Waals surface area contributed by atoms with Gasteiger partial charge in [-0.15, -0.1) is 0 Å². The van der Waals surface area contributed by atoms with E-state index in [1.165, 1.54) is 13.0 Å². The van der Waals surface area contributed by atoms with Crippen LogP contribution in [0.5, 0.6) is 5.75 Å². The van der Waals surface area contributed by atoms with E-state index in [0.29, 0.717) is 57.1 Å². The van der Waals surface area contributed by atoms with Gasteiger partial charge in [0.1, 0.15) is 18.2 Å². The molecule has 0 aromatic heterocycles. The molecule has 1 amide bonds. The molecule has 0 atom stereocenters. The molecule has 0 N–H and O–H groups in total. The van der Waals surface area contributed by atoms with E-state index < -0.39 is 5.82 Å². The molecule has 7 heteroatoms. The Labute approximate surface area is 189 Å². The van der Waals surface area contributed by atoms with Crippen molar-refractivity contribution in [3.05, 3.63) is 58.9 Å². The lowest BCUT2D eigenvalue weighted by Gasteiger charge is -2.37. The molecule has 3 rings (SSSR count). The van der Waals surface area contributed by atoms with Gasteiger partial charge in [-0.05, 0) is 69.3 Å². The van der Waals surface area contributed by atoms with Crippen molar-refractivity contribution >= 4 is 17.4 Å². The number of anilines is 1. The molecule has 0 aliphatic carbocycles. The highest BCUT2D eigenvalue weighted by molar-refractivity contribution is 5.94. The molecule has 2 aromatic carbocycles. The van der Waals surface area contributed by atoms with Crippen molar-refractivity contribution in [1.82, 2.24) is 9.80 Å². The molecule has 0 saturated carbocycles. The zero-order valence-electron chi connectivity index (χ0n) is 19.4. The predicted octanol–water partition coefficient (Wildman–Crippen LogP) is 3.30. The highest BCUT2D eigenvalue weighted by Crippen LogP contribution is 2.22. The lowest BCUT2D eigenvalue weighted by Crippen LogP contribution is -2.51. The minimum atomic E-state index is -0.402. The van der Waals surface area contributed by atoms with Gasteiger partial charge in [0.2, 0.25) is 5.91 Å². The maximum absolute atomic E-state index is 14.4. The van der Waals surface area contributed by atoms with E-state index >= 15 is 0 Å². The second-order valence-corrected chi connectivity index (χ2v) is 8.50. The van der Waals surface area contributed by atoms with E-state index in [2.05, 4.69) is 6.07 Å². The topological polar surface area (TPSA) is 53.1 Å². The monoisotopic (exact) mass is 441 g/mol. The van der Waals surface area contributed by atoms with Gasteiger partial charge in [-0.1, -0.05) is 6.07 Å². The summed E-state index contributed by atoms with van der Waals surface area (Å²) in [6.45, 7) is 9.17. The first-order valence-electron chi connectivity index (χ1n) is 11.0. The number of halogens is 1. The fourth-order valence-electron chi connectivity index (χ4n) is 3.92. The molecule has 0 radical (unpaired) electrons. The van der Waals surface area contributed by atoms with Crippen molar-refractivity contribution in [2.24, 2.45) is 0 Å². The molecule has 1 heterocycles. The summed E-state index contributed by atoms with van der Waals surface area (Å²) < 4.78 is 20.2. The summed E-state index contributed by atoms with van der Waals surface area (Å²) in [6, 6.07) is 10.7. The second kappa shape index (κ2) is 10.6. The number of hydrogen-bond donors (Lipinski definition) is 0. The Balaban J connectivity index is 1.43. The van der Waals surface area contributed by atoms with Gasteiger partial charge in [-0.2, -0.15) is 0 Å². The molecule has 2 aromatic rings. The molecule has 0 spiro atoms.